The highest BCUT2D eigenvalue weighted by molar-refractivity contribution is 7.99. The zero-order valence-electron chi connectivity index (χ0n) is 10.2. The van der Waals surface area contributed by atoms with Crippen molar-refractivity contribution in [2.75, 3.05) is 12.8 Å². The molecule has 96 valence electrons. The molecule has 1 heterocycles. The number of aromatic nitrogens is 2. The van der Waals surface area contributed by atoms with Crippen LogP contribution in [0.1, 0.15) is 26.2 Å². The molecule has 1 atom stereocenters. The topological polar surface area (TPSA) is 78.0 Å². The van der Waals surface area contributed by atoms with E-state index in [0.717, 1.165) is 17.3 Å². The summed E-state index contributed by atoms with van der Waals surface area (Å²) in [6.45, 7) is 1.89. The van der Waals surface area contributed by atoms with Gasteiger partial charge in [-0.25, -0.2) is 4.98 Å². The van der Waals surface area contributed by atoms with Crippen molar-refractivity contribution >= 4 is 17.7 Å². The number of nitrogens with one attached hydrogen (secondary N) is 2. The third-order valence-electron chi connectivity index (χ3n) is 2.95. The molecule has 0 amide bonds. The molecule has 0 radical (unpaired) electrons. The van der Waals surface area contributed by atoms with Gasteiger partial charge in [-0.3, -0.25) is 4.79 Å². The van der Waals surface area contributed by atoms with Crippen LogP contribution >= 0.6 is 11.8 Å². The second kappa shape index (κ2) is 6.66. The third-order valence-corrected chi connectivity index (χ3v) is 3.94. The highest BCUT2D eigenvalue weighted by Crippen LogP contribution is 2.21. The minimum atomic E-state index is -0.788. The predicted molar refractivity (Wildman–Crippen MR) is 68.3 cm³/mol. The summed E-state index contributed by atoms with van der Waals surface area (Å²) in [7, 11) is 1.71. The Kier molecular flexibility index (Phi) is 5.50. The van der Waals surface area contributed by atoms with E-state index in [-0.39, 0.29) is 0 Å². The number of rotatable bonds is 8. The van der Waals surface area contributed by atoms with E-state index in [1.165, 1.54) is 0 Å². The number of thioether (sulfide) groups is 1. The van der Waals surface area contributed by atoms with Crippen molar-refractivity contribution in [1.82, 2.24) is 15.3 Å². The zero-order chi connectivity index (χ0) is 12.7. The lowest BCUT2D eigenvalue weighted by Gasteiger charge is -2.27. The number of carboxylic acid groups (broad SMARTS) is 1. The molecule has 5 nitrogen and oxygen atoms in total. The molecule has 3 N–H and O–H groups in total. The van der Waals surface area contributed by atoms with Crippen molar-refractivity contribution in [3.63, 3.8) is 0 Å². The van der Waals surface area contributed by atoms with Crippen LogP contribution in [0.4, 0.5) is 0 Å². The van der Waals surface area contributed by atoms with Crippen LogP contribution in [0.25, 0.3) is 0 Å². The summed E-state index contributed by atoms with van der Waals surface area (Å²) < 4.78 is 0. The van der Waals surface area contributed by atoms with Gasteiger partial charge in [-0.2, -0.15) is 0 Å². The Labute approximate surface area is 105 Å². The van der Waals surface area contributed by atoms with Crippen LogP contribution in [0.2, 0.25) is 0 Å². The lowest BCUT2D eigenvalue weighted by Crippen LogP contribution is -2.49. The van der Waals surface area contributed by atoms with Gasteiger partial charge in [0.05, 0.1) is 0 Å². The van der Waals surface area contributed by atoms with Crippen molar-refractivity contribution in [2.45, 2.75) is 36.9 Å². The van der Waals surface area contributed by atoms with Crippen LogP contribution in [-0.4, -0.2) is 39.4 Å². The van der Waals surface area contributed by atoms with Crippen LogP contribution in [0, 0.1) is 0 Å². The predicted octanol–water partition coefficient (Wildman–Crippen LogP) is 1.73. The average Bonchev–Trinajstić information content (AvgIpc) is 2.82. The van der Waals surface area contributed by atoms with Crippen LogP contribution in [0.15, 0.2) is 17.6 Å². The molecular weight excluding hydrogens is 238 g/mol. The van der Waals surface area contributed by atoms with Gasteiger partial charge < -0.3 is 15.4 Å². The minimum Gasteiger partial charge on any atom is -0.480 e. The summed E-state index contributed by atoms with van der Waals surface area (Å²) in [5, 5.41) is 13.0. The molecule has 1 unspecified atom stereocenters. The number of hydrogen-bond donors (Lipinski definition) is 3. The number of imidazole rings is 1. The van der Waals surface area contributed by atoms with E-state index in [1.54, 1.807) is 31.2 Å². The van der Waals surface area contributed by atoms with E-state index in [0.29, 0.717) is 12.8 Å². The second-order valence-corrected chi connectivity index (χ2v) is 4.92. The fourth-order valence-electron chi connectivity index (χ4n) is 1.72. The highest BCUT2D eigenvalue weighted by Gasteiger charge is 2.33. The van der Waals surface area contributed by atoms with Gasteiger partial charge in [0.2, 0.25) is 0 Å². The molecule has 0 aromatic carbocycles. The molecule has 1 aromatic heterocycles. The van der Waals surface area contributed by atoms with Crippen molar-refractivity contribution in [1.29, 1.82) is 0 Å². The number of aromatic amines is 1. The maximum Gasteiger partial charge on any atom is 0.323 e. The van der Waals surface area contributed by atoms with Crippen molar-refractivity contribution in [2.24, 2.45) is 0 Å². The Hall–Kier alpha value is -1.01. The lowest BCUT2D eigenvalue weighted by atomic mass is 9.91. The quantitative estimate of drug-likeness (QED) is 0.488. The Morgan fingerprint density at radius 1 is 1.71 bits per heavy atom. The fourth-order valence-corrected chi connectivity index (χ4v) is 2.48. The first kappa shape index (κ1) is 14.1. The lowest BCUT2D eigenvalue weighted by molar-refractivity contribution is -0.145. The number of hydrogen-bond acceptors (Lipinski definition) is 4. The molecule has 17 heavy (non-hydrogen) atoms. The summed E-state index contributed by atoms with van der Waals surface area (Å²) in [6, 6.07) is 0. The van der Waals surface area contributed by atoms with Gasteiger partial charge in [0.1, 0.15) is 5.54 Å². The van der Waals surface area contributed by atoms with Crippen LogP contribution in [0.3, 0.4) is 0 Å². The number of carboxylic acids is 1. The monoisotopic (exact) mass is 257 g/mol. The molecule has 0 bridgehead atoms. The fraction of sp³-hybridized carbons (Fsp3) is 0.636. The number of carbonyl (C=O) groups is 1. The molecule has 1 aromatic rings. The van der Waals surface area contributed by atoms with E-state index in [4.69, 9.17) is 0 Å². The number of likely N-dealkylation sites (N-methyl/N-ethyl adjacent to an activating group) is 1. The van der Waals surface area contributed by atoms with E-state index in [2.05, 4.69) is 15.3 Å². The minimum absolute atomic E-state index is 0.588. The summed E-state index contributed by atoms with van der Waals surface area (Å²) in [4.78, 5) is 18.3. The van der Waals surface area contributed by atoms with Crippen molar-refractivity contribution in [3.05, 3.63) is 12.4 Å². The summed E-state index contributed by atoms with van der Waals surface area (Å²) in [6.07, 6.45) is 5.55. The Bertz CT molecular complexity index is 336. The van der Waals surface area contributed by atoms with Gasteiger partial charge in [-0.1, -0.05) is 18.7 Å². The largest absolute Gasteiger partial charge is 0.480 e. The van der Waals surface area contributed by atoms with Gasteiger partial charge >= 0.3 is 5.97 Å². The molecule has 0 saturated heterocycles. The van der Waals surface area contributed by atoms with Crippen LogP contribution in [-0.2, 0) is 4.79 Å². The van der Waals surface area contributed by atoms with E-state index < -0.39 is 11.5 Å². The summed E-state index contributed by atoms with van der Waals surface area (Å²) in [5.41, 5.74) is -0.788. The first-order valence-corrected chi connectivity index (χ1v) is 6.67. The molecule has 0 aliphatic heterocycles. The van der Waals surface area contributed by atoms with Crippen LogP contribution in [0.5, 0.6) is 0 Å². The van der Waals surface area contributed by atoms with Gasteiger partial charge in [0, 0.05) is 18.1 Å². The van der Waals surface area contributed by atoms with E-state index in [9.17, 15) is 9.90 Å². The number of nitrogens with zero attached hydrogens (tertiary/aromatic N) is 1. The SMILES string of the molecule is CCC(CCCSc1ncc[nH]1)(NC)C(=O)O. The zero-order valence-corrected chi connectivity index (χ0v) is 11.0. The first-order chi connectivity index (χ1) is 8.14. The third kappa shape index (κ3) is 3.74. The van der Waals surface area contributed by atoms with Gasteiger partial charge in [-0.05, 0) is 26.3 Å². The summed E-state index contributed by atoms with van der Waals surface area (Å²) >= 11 is 1.61. The maximum atomic E-state index is 11.2. The molecule has 0 aliphatic carbocycles. The Morgan fingerprint density at radius 3 is 2.94 bits per heavy atom. The van der Waals surface area contributed by atoms with E-state index >= 15 is 0 Å². The molecule has 0 fully saturated rings. The second-order valence-electron chi connectivity index (χ2n) is 3.84. The Morgan fingerprint density at radius 2 is 2.47 bits per heavy atom. The number of H-pyrrole nitrogens is 1. The molecule has 0 saturated carbocycles. The van der Waals surface area contributed by atoms with Gasteiger partial charge in [0.15, 0.2) is 5.16 Å². The molecule has 1 rings (SSSR count). The first-order valence-electron chi connectivity index (χ1n) is 5.69. The highest BCUT2D eigenvalue weighted by atomic mass is 32.2. The molecule has 0 spiro atoms. The standard InChI is InChI=1S/C11H19N3O2S/c1-3-11(12-2,9(15)16)5-4-8-17-10-13-6-7-14-10/h6-7,12H,3-5,8H2,1-2H3,(H,13,14)(H,15,16). The smallest absolute Gasteiger partial charge is 0.323 e. The van der Waals surface area contributed by atoms with Gasteiger partial charge in [0.25, 0.3) is 0 Å². The normalized spacial score (nSPS) is 14.5. The van der Waals surface area contributed by atoms with E-state index in [1.807, 2.05) is 6.92 Å². The van der Waals surface area contributed by atoms with Gasteiger partial charge in [-0.15, -0.1) is 0 Å². The molecule has 6 heteroatoms. The van der Waals surface area contributed by atoms with Crippen molar-refractivity contribution in [3.8, 4) is 0 Å². The van der Waals surface area contributed by atoms with Crippen LogP contribution < -0.4 is 5.32 Å². The Balaban J connectivity index is 2.35. The number of aliphatic carboxylic acids is 1. The molecule has 0 aliphatic rings. The summed E-state index contributed by atoms with van der Waals surface area (Å²) in [5.74, 6) is 0.0926. The van der Waals surface area contributed by atoms with Crippen molar-refractivity contribution < 1.29 is 9.90 Å². The molecular formula is C11H19N3O2S. The maximum absolute atomic E-state index is 11.2. The average molecular weight is 257 g/mol.